The first-order chi connectivity index (χ1) is 8.29. The first-order valence-electron chi connectivity index (χ1n) is 5.90. The van der Waals surface area contributed by atoms with E-state index in [1.807, 2.05) is 6.92 Å². The molecule has 0 aromatic carbocycles. The van der Waals surface area contributed by atoms with Crippen LogP contribution in [-0.2, 0) is 12.8 Å². The van der Waals surface area contributed by atoms with Crippen molar-refractivity contribution < 1.29 is 4.42 Å². The molecule has 0 fully saturated rings. The summed E-state index contributed by atoms with van der Waals surface area (Å²) in [5.74, 6) is 1.25. The highest BCUT2D eigenvalue weighted by molar-refractivity contribution is 7.09. The van der Waals surface area contributed by atoms with Crippen LogP contribution < -0.4 is 5.73 Å². The third-order valence-electron chi connectivity index (χ3n) is 2.63. The first-order valence-corrected chi connectivity index (χ1v) is 6.77. The smallest absolute Gasteiger partial charge is 0.233 e. The van der Waals surface area contributed by atoms with Crippen LogP contribution in [0.15, 0.2) is 21.9 Å². The van der Waals surface area contributed by atoms with E-state index in [-0.39, 0.29) is 6.04 Å². The predicted molar refractivity (Wildman–Crippen MR) is 67.9 cm³/mol. The molecule has 17 heavy (non-hydrogen) atoms. The van der Waals surface area contributed by atoms with Gasteiger partial charge in [0.2, 0.25) is 11.8 Å². The Morgan fingerprint density at radius 2 is 2.29 bits per heavy atom. The lowest BCUT2D eigenvalue weighted by Crippen LogP contribution is -2.08. The van der Waals surface area contributed by atoms with Gasteiger partial charge in [-0.2, -0.15) is 0 Å². The molecule has 0 saturated carbocycles. The number of aryl methyl sites for hydroxylation is 2. The van der Waals surface area contributed by atoms with Crippen molar-refractivity contribution in [1.82, 2.24) is 10.2 Å². The summed E-state index contributed by atoms with van der Waals surface area (Å²) in [5.41, 5.74) is 5.82. The third kappa shape index (κ3) is 3.38. The molecule has 0 radical (unpaired) electrons. The van der Waals surface area contributed by atoms with Crippen LogP contribution in [0.2, 0.25) is 0 Å². The highest BCUT2D eigenvalue weighted by atomic mass is 32.1. The Bertz CT molecular complexity index is 438. The van der Waals surface area contributed by atoms with Crippen molar-refractivity contribution in [3.8, 4) is 0 Å². The molecule has 2 aromatic rings. The highest BCUT2D eigenvalue weighted by Crippen LogP contribution is 2.15. The van der Waals surface area contributed by atoms with Crippen LogP contribution in [0.25, 0.3) is 0 Å². The average molecular weight is 251 g/mol. The molecule has 0 aliphatic rings. The van der Waals surface area contributed by atoms with Crippen LogP contribution in [0.1, 0.15) is 42.5 Å². The zero-order valence-corrected chi connectivity index (χ0v) is 10.7. The predicted octanol–water partition coefficient (Wildman–Crippen LogP) is 2.72. The molecule has 0 amide bonds. The number of nitrogens with two attached hydrogens (primary N) is 1. The topological polar surface area (TPSA) is 64.9 Å². The molecule has 5 heteroatoms. The van der Waals surface area contributed by atoms with Crippen LogP contribution in [0.4, 0.5) is 0 Å². The lowest BCUT2D eigenvalue weighted by molar-refractivity contribution is 0.410. The summed E-state index contributed by atoms with van der Waals surface area (Å²) in [7, 11) is 0. The lowest BCUT2D eigenvalue weighted by Gasteiger charge is -2.00. The van der Waals surface area contributed by atoms with E-state index in [0.29, 0.717) is 11.8 Å². The second-order valence-electron chi connectivity index (χ2n) is 3.98. The summed E-state index contributed by atoms with van der Waals surface area (Å²) >= 11 is 1.79. The fraction of sp³-hybridized carbons (Fsp3) is 0.500. The van der Waals surface area contributed by atoms with Crippen molar-refractivity contribution in [3.63, 3.8) is 0 Å². The van der Waals surface area contributed by atoms with Gasteiger partial charge in [0.15, 0.2) is 0 Å². The molecular weight excluding hydrogens is 234 g/mol. The molecule has 2 N–H and O–H groups in total. The second kappa shape index (κ2) is 5.93. The average Bonchev–Trinajstić information content (AvgIpc) is 2.99. The Kier molecular flexibility index (Phi) is 4.28. The largest absolute Gasteiger partial charge is 0.424 e. The maximum atomic E-state index is 5.82. The standard InChI is InChI=1S/C12H17N3OS/c1-2-10(13)12-15-14-11(16-12)7-3-5-9-6-4-8-17-9/h4,6,8,10H,2-3,5,7,13H2,1H3. The van der Waals surface area contributed by atoms with Gasteiger partial charge in [0.1, 0.15) is 0 Å². The number of thiophene rings is 1. The lowest BCUT2D eigenvalue weighted by atomic mass is 10.2. The Hall–Kier alpha value is -1.20. The van der Waals surface area contributed by atoms with Gasteiger partial charge in [-0.25, -0.2) is 0 Å². The van der Waals surface area contributed by atoms with Crippen LogP contribution in [-0.4, -0.2) is 10.2 Å². The van der Waals surface area contributed by atoms with Crippen molar-refractivity contribution in [2.45, 2.75) is 38.6 Å². The van der Waals surface area contributed by atoms with E-state index in [2.05, 4.69) is 27.7 Å². The number of aromatic nitrogens is 2. The zero-order valence-electron chi connectivity index (χ0n) is 9.93. The fourth-order valence-corrected chi connectivity index (χ4v) is 2.31. The number of hydrogen-bond acceptors (Lipinski definition) is 5. The Morgan fingerprint density at radius 3 is 3.00 bits per heavy atom. The molecule has 2 aromatic heterocycles. The van der Waals surface area contributed by atoms with Crippen LogP contribution in [0.5, 0.6) is 0 Å². The zero-order chi connectivity index (χ0) is 12.1. The summed E-state index contributed by atoms with van der Waals surface area (Å²) in [6.07, 6.45) is 3.73. The fourth-order valence-electron chi connectivity index (χ4n) is 1.56. The summed E-state index contributed by atoms with van der Waals surface area (Å²) in [5, 5.41) is 10.1. The van der Waals surface area contributed by atoms with Gasteiger partial charge >= 0.3 is 0 Å². The molecule has 0 aliphatic heterocycles. The molecule has 4 nitrogen and oxygen atoms in total. The van der Waals surface area contributed by atoms with Gasteiger partial charge in [-0.15, -0.1) is 21.5 Å². The van der Waals surface area contributed by atoms with Gasteiger partial charge < -0.3 is 10.2 Å². The van der Waals surface area contributed by atoms with Crippen molar-refractivity contribution in [1.29, 1.82) is 0 Å². The molecule has 2 rings (SSSR count). The van der Waals surface area contributed by atoms with Crippen molar-refractivity contribution in [3.05, 3.63) is 34.2 Å². The highest BCUT2D eigenvalue weighted by Gasteiger charge is 2.12. The van der Waals surface area contributed by atoms with Gasteiger partial charge in [-0.3, -0.25) is 0 Å². The minimum atomic E-state index is -0.131. The van der Waals surface area contributed by atoms with E-state index in [1.165, 1.54) is 4.88 Å². The number of nitrogens with zero attached hydrogens (tertiary/aromatic N) is 2. The van der Waals surface area contributed by atoms with Crippen LogP contribution in [0.3, 0.4) is 0 Å². The van der Waals surface area contributed by atoms with Crippen LogP contribution >= 0.6 is 11.3 Å². The Balaban J connectivity index is 1.81. The number of rotatable bonds is 6. The normalized spacial score (nSPS) is 12.8. The molecule has 0 saturated heterocycles. The Morgan fingerprint density at radius 1 is 1.41 bits per heavy atom. The maximum absolute atomic E-state index is 5.82. The quantitative estimate of drug-likeness (QED) is 0.857. The van der Waals surface area contributed by atoms with E-state index in [4.69, 9.17) is 10.2 Å². The summed E-state index contributed by atoms with van der Waals surface area (Å²) in [6.45, 7) is 2.01. The molecular formula is C12H17N3OS. The molecule has 0 spiro atoms. The number of hydrogen-bond donors (Lipinski definition) is 1. The van der Waals surface area contributed by atoms with Gasteiger partial charge in [0.25, 0.3) is 0 Å². The molecule has 0 aliphatic carbocycles. The minimum absolute atomic E-state index is 0.131. The third-order valence-corrected chi connectivity index (χ3v) is 3.57. The molecule has 1 unspecified atom stereocenters. The second-order valence-corrected chi connectivity index (χ2v) is 5.01. The minimum Gasteiger partial charge on any atom is -0.424 e. The summed E-state index contributed by atoms with van der Waals surface area (Å²) < 4.78 is 5.51. The van der Waals surface area contributed by atoms with Crippen molar-refractivity contribution in [2.75, 3.05) is 0 Å². The monoisotopic (exact) mass is 251 g/mol. The summed E-state index contributed by atoms with van der Waals surface area (Å²) in [4.78, 5) is 1.40. The maximum Gasteiger partial charge on any atom is 0.233 e. The molecule has 1 atom stereocenters. The van der Waals surface area contributed by atoms with Gasteiger partial charge in [-0.1, -0.05) is 13.0 Å². The molecule has 0 bridgehead atoms. The van der Waals surface area contributed by atoms with Crippen molar-refractivity contribution in [2.24, 2.45) is 5.73 Å². The van der Waals surface area contributed by atoms with E-state index < -0.39 is 0 Å². The van der Waals surface area contributed by atoms with E-state index in [9.17, 15) is 0 Å². The van der Waals surface area contributed by atoms with E-state index in [0.717, 1.165) is 25.7 Å². The van der Waals surface area contributed by atoms with Gasteiger partial charge in [-0.05, 0) is 30.7 Å². The Labute approximate surface area is 105 Å². The summed E-state index contributed by atoms with van der Waals surface area (Å²) in [6, 6.07) is 4.09. The SMILES string of the molecule is CCC(N)c1nnc(CCCc2cccs2)o1. The van der Waals surface area contributed by atoms with Gasteiger partial charge in [0, 0.05) is 11.3 Å². The van der Waals surface area contributed by atoms with Crippen molar-refractivity contribution >= 4 is 11.3 Å². The van der Waals surface area contributed by atoms with E-state index >= 15 is 0 Å². The molecule has 92 valence electrons. The van der Waals surface area contributed by atoms with Crippen LogP contribution in [0, 0.1) is 0 Å². The first kappa shape index (κ1) is 12.3. The van der Waals surface area contributed by atoms with Gasteiger partial charge in [0.05, 0.1) is 6.04 Å². The van der Waals surface area contributed by atoms with E-state index in [1.54, 1.807) is 11.3 Å². The molecule has 2 heterocycles.